The zero-order chi connectivity index (χ0) is 9.42. The molecule has 1 aromatic carbocycles. The van der Waals surface area contributed by atoms with Crippen LogP contribution in [0.4, 0.5) is 0 Å². The van der Waals surface area contributed by atoms with Crippen LogP contribution in [-0.2, 0) is 0 Å². The molecule has 0 unspecified atom stereocenters. The summed E-state index contributed by atoms with van der Waals surface area (Å²) >= 11 is 0. The van der Waals surface area contributed by atoms with Crippen molar-refractivity contribution in [1.82, 2.24) is 0 Å². The number of aryl methyl sites for hydroxylation is 2. The third kappa shape index (κ3) is 1.24. The first kappa shape index (κ1) is 8.36. The Balaban J connectivity index is 2.71. The molecule has 0 spiro atoms. The van der Waals surface area contributed by atoms with Gasteiger partial charge in [0.2, 0.25) is 0 Å². The lowest BCUT2D eigenvalue weighted by atomic mass is 9.98. The highest BCUT2D eigenvalue weighted by molar-refractivity contribution is 5.66. The van der Waals surface area contributed by atoms with Crippen molar-refractivity contribution in [2.75, 3.05) is 6.61 Å². The van der Waals surface area contributed by atoms with Gasteiger partial charge in [-0.25, -0.2) is 0 Å². The van der Waals surface area contributed by atoms with E-state index < -0.39 is 0 Å². The maximum Gasteiger partial charge on any atom is 0.130 e. The molecule has 1 aliphatic rings. The summed E-state index contributed by atoms with van der Waals surface area (Å²) in [5.41, 5.74) is 5.12. The summed E-state index contributed by atoms with van der Waals surface area (Å²) < 4.78 is 5.63. The molecule has 0 aromatic heterocycles. The first-order valence-electron chi connectivity index (χ1n) is 4.60. The lowest BCUT2D eigenvalue weighted by Crippen LogP contribution is -2.04. The second kappa shape index (κ2) is 2.91. The van der Waals surface area contributed by atoms with E-state index in [0.717, 1.165) is 5.75 Å². The lowest BCUT2D eigenvalue weighted by molar-refractivity contribution is 0.355. The molecule has 0 aliphatic carbocycles. The summed E-state index contributed by atoms with van der Waals surface area (Å²) in [5, 5.41) is 0. The molecule has 1 aromatic rings. The molecule has 0 saturated heterocycles. The largest absolute Gasteiger partial charge is 0.489 e. The van der Waals surface area contributed by atoms with Gasteiger partial charge in [-0.2, -0.15) is 0 Å². The Bertz CT molecular complexity index is 375. The Kier molecular flexibility index (Phi) is 1.87. The van der Waals surface area contributed by atoms with Crippen molar-refractivity contribution in [2.24, 2.45) is 0 Å². The van der Waals surface area contributed by atoms with Crippen molar-refractivity contribution in [1.29, 1.82) is 0 Å². The maximum atomic E-state index is 5.63. The number of hydrogen-bond donors (Lipinski definition) is 0. The van der Waals surface area contributed by atoms with Crippen LogP contribution in [0, 0.1) is 20.8 Å². The van der Waals surface area contributed by atoms with Crippen LogP contribution in [-0.4, -0.2) is 6.61 Å². The zero-order valence-corrected chi connectivity index (χ0v) is 8.35. The summed E-state index contributed by atoms with van der Waals surface area (Å²) in [7, 11) is 0. The van der Waals surface area contributed by atoms with E-state index in [4.69, 9.17) is 4.74 Å². The number of fused-ring (bicyclic) bond motifs is 1. The fourth-order valence-corrected chi connectivity index (χ4v) is 1.76. The maximum absolute atomic E-state index is 5.63. The highest BCUT2D eigenvalue weighted by Crippen LogP contribution is 2.32. The van der Waals surface area contributed by atoms with Crippen LogP contribution in [0.2, 0.25) is 0 Å². The van der Waals surface area contributed by atoms with Crippen molar-refractivity contribution in [3.63, 3.8) is 0 Å². The monoisotopic (exact) mass is 174 g/mol. The Labute approximate surface area is 79.0 Å². The van der Waals surface area contributed by atoms with Crippen LogP contribution in [0.3, 0.4) is 0 Å². The van der Waals surface area contributed by atoms with Gasteiger partial charge in [-0.05, 0) is 43.5 Å². The Hall–Kier alpha value is -1.24. The molecule has 0 fully saturated rings. The molecule has 0 saturated carbocycles. The molecule has 13 heavy (non-hydrogen) atoms. The first-order valence-corrected chi connectivity index (χ1v) is 4.60. The summed E-state index contributed by atoms with van der Waals surface area (Å²) in [6.07, 6.45) is 4.21. The van der Waals surface area contributed by atoms with Crippen molar-refractivity contribution in [3.05, 3.63) is 34.4 Å². The number of benzene rings is 1. The molecule has 1 heteroatoms. The van der Waals surface area contributed by atoms with Gasteiger partial charge in [-0.3, -0.25) is 0 Å². The molecule has 0 radical (unpaired) electrons. The van der Waals surface area contributed by atoms with E-state index in [0.29, 0.717) is 6.61 Å². The minimum absolute atomic E-state index is 0.705. The molecule has 2 rings (SSSR count). The molecule has 1 heterocycles. The van der Waals surface area contributed by atoms with Gasteiger partial charge in [0, 0.05) is 5.56 Å². The van der Waals surface area contributed by atoms with Crippen molar-refractivity contribution < 1.29 is 4.74 Å². The Morgan fingerprint density at radius 1 is 1.15 bits per heavy atom. The molecule has 0 bridgehead atoms. The van der Waals surface area contributed by atoms with E-state index in [1.807, 2.05) is 0 Å². The van der Waals surface area contributed by atoms with Gasteiger partial charge in [0.25, 0.3) is 0 Å². The van der Waals surface area contributed by atoms with Crippen LogP contribution in [0.15, 0.2) is 12.1 Å². The van der Waals surface area contributed by atoms with Crippen molar-refractivity contribution in [2.45, 2.75) is 20.8 Å². The van der Waals surface area contributed by atoms with Crippen LogP contribution in [0.1, 0.15) is 22.3 Å². The molecule has 0 atom stereocenters. The molecular formula is C12H14O. The second-order valence-corrected chi connectivity index (χ2v) is 3.59. The van der Waals surface area contributed by atoms with Gasteiger partial charge in [-0.15, -0.1) is 0 Å². The number of rotatable bonds is 0. The van der Waals surface area contributed by atoms with E-state index in [-0.39, 0.29) is 0 Å². The lowest BCUT2D eigenvalue weighted by Gasteiger charge is -2.18. The topological polar surface area (TPSA) is 9.23 Å². The van der Waals surface area contributed by atoms with Crippen LogP contribution in [0.5, 0.6) is 5.75 Å². The van der Waals surface area contributed by atoms with Gasteiger partial charge < -0.3 is 4.74 Å². The van der Waals surface area contributed by atoms with Gasteiger partial charge in [0.15, 0.2) is 0 Å². The Morgan fingerprint density at radius 3 is 2.69 bits per heavy atom. The number of ether oxygens (including phenoxy) is 1. The van der Waals surface area contributed by atoms with Crippen molar-refractivity contribution >= 4 is 6.08 Å². The van der Waals surface area contributed by atoms with Gasteiger partial charge in [0.05, 0.1) is 0 Å². The minimum Gasteiger partial charge on any atom is -0.489 e. The molecule has 1 aliphatic heterocycles. The number of hydrogen-bond acceptors (Lipinski definition) is 1. The van der Waals surface area contributed by atoms with Crippen LogP contribution >= 0.6 is 0 Å². The van der Waals surface area contributed by atoms with E-state index in [9.17, 15) is 0 Å². The molecule has 0 N–H and O–H groups in total. The van der Waals surface area contributed by atoms with Gasteiger partial charge in [0.1, 0.15) is 12.4 Å². The van der Waals surface area contributed by atoms with Crippen molar-refractivity contribution in [3.8, 4) is 5.75 Å². The summed E-state index contributed by atoms with van der Waals surface area (Å²) in [6.45, 7) is 7.08. The molecule has 0 amide bonds. The van der Waals surface area contributed by atoms with Crippen LogP contribution < -0.4 is 4.74 Å². The average molecular weight is 174 g/mol. The third-order valence-electron chi connectivity index (χ3n) is 2.64. The quantitative estimate of drug-likeness (QED) is 0.587. The normalized spacial score (nSPS) is 13.8. The fourth-order valence-electron chi connectivity index (χ4n) is 1.76. The predicted octanol–water partition coefficient (Wildman–Crippen LogP) is 3.02. The summed E-state index contributed by atoms with van der Waals surface area (Å²) in [6, 6.07) is 2.22. The molecule has 68 valence electrons. The van der Waals surface area contributed by atoms with E-state index >= 15 is 0 Å². The fraction of sp³-hybridized carbons (Fsp3) is 0.333. The minimum atomic E-state index is 0.705. The summed E-state index contributed by atoms with van der Waals surface area (Å²) in [4.78, 5) is 0. The smallest absolute Gasteiger partial charge is 0.130 e. The van der Waals surface area contributed by atoms with Gasteiger partial charge >= 0.3 is 0 Å². The Morgan fingerprint density at radius 2 is 1.92 bits per heavy atom. The van der Waals surface area contributed by atoms with Gasteiger partial charge in [-0.1, -0.05) is 12.1 Å². The third-order valence-corrected chi connectivity index (χ3v) is 2.64. The standard InChI is InChI=1S/C12H14O/c1-8-7-9(2)11-5-4-6-13-12(11)10(8)3/h4-5,7H,6H2,1-3H3. The molecular weight excluding hydrogens is 160 g/mol. The zero-order valence-electron chi connectivity index (χ0n) is 8.35. The highest BCUT2D eigenvalue weighted by Gasteiger charge is 2.12. The predicted molar refractivity (Wildman–Crippen MR) is 55.2 cm³/mol. The average Bonchev–Trinajstić information content (AvgIpc) is 2.15. The van der Waals surface area contributed by atoms with Crippen LogP contribution in [0.25, 0.3) is 6.08 Å². The molecule has 1 nitrogen and oxygen atoms in total. The second-order valence-electron chi connectivity index (χ2n) is 3.59. The highest BCUT2D eigenvalue weighted by atomic mass is 16.5. The first-order chi connectivity index (χ1) is 6.20. The SMILES string of the molecule is Cc1cc(C)c2c(c1C)OCC=C2. The van der Waals surface area contributed by atoms with E-state index in [1.165, 1.54) is 22.3 Å². The van der Waals surface area contributed by atoms with E-state index in [1.54, 1.807) is 0 Å². The van der Waals surface area contributed by atoms with E-state index in [2.05, 4.69) is 39.0 Å². The summed E-state index contributed by atoms with van der Waals surface area (Å²) in [5.74, 6) is 1.07.